The zero-order chi connectivity index (χ0) is 17.6. The third-order valence-electron chi connectivity index (χ3n) is 4.27. The molecule has 1 N–H and O–H groups in total. The van der Waals surface area contributed by atoms with Crippen LogP contribution in [-0.2, 0) is 0 Å². The van der Waals surface area contributed by atoms with Gasteiger partial charge in [-0.25, -0.2) is 9.07 Å². The summed E-state index contributed by atoms with van der Waals surface area (Å²) >= 11 is 0. The molecule has 0 aliphatic carbocycles. The predicted molar refractivity (Wildman–Crippen MR) is 97.3 cm³/mol. The normalized spacial score (nSPS) is 14.5. The second-order valence-corrected chi connectivity index (χ2v) is 6.09. The van der Waals surface area contributed by atoms with Gasteiger partial charge in [0.15, 0.2) is 5.69 Å². The van der Waals surface area contributed by atoms with E-state index >= 15 is 0 Å². The van der Waals surface area contributed by atoms with Crippen LogP contribution in [0.2, 0.25) is 0 Å². The Morgan fingerprint density at radius 2 is 2.04 bits per heavy atom. The zero-order valence-corrected chi connectivity index (χ0v) is 15.4. The minimum atomic E-state index is -0.309. The second-order valence-electron chi connectivity index (χ2n) is 6.09. The molecular formula is C17H23ClFN5O2. The summed E-state index contributed by atoms with van der Waals surface area (Å²) in [6.07, 6.45) is 3.69. The standard InChI is InChI=1S/C17H22FN5O2.ClH/c1-22(10-11-25-15-4-2-13(18)3-5-15)17(24)16-12-23(21-20-16)14-6-8-19-9-7-14;/h2-5,12,14,19H,6-11H2,1H3;1H. The lowest BCUT2D eigenvalue weighted by Crippen LogP contribution is -2.31. The number of carbonyl (C=O) groups is 1. The quantitative estimate of drug-likeness (QED) is 0.825. The van der Waals surface area contributed by atoms with Crippen molar-refractivity contribution >= 4 is 18.3 Å². The van der Waals surface area contributed by atoms with E-state index < -0.39 is 0 Å². The van der Waals surface area contributed by atoms with Crippen LogP contribution in [0.4, 0.5) is 4.39 Å². The summed E-state index contributed by atoms with van der Waals surface area (Å²) in [7, 11) is 1.69. The molecule has 1 aromatic heterocycles. The van der Waals surface area contributed by atoms with Crippen LogP contribution < -0.4 is 10.1 Å². The van der Waals surface area contributed by atoms with E-state index in [0.29, 0.717) is 30.6 Å². The maximum Gasteiger partial charge on any atom is 0.275 e. The molecule has 0 saturated carbocycles. The SMILES string of the molecule is CN(CCOc1ccc(F)cc1)C(=O)c1cn(C2CCNCC2)nn1.Cl. The fourth-order valence-electron chi connectivity index (χ4n) is 2.75. The molecular weight excluding hydrogens is 361 g/mol. The molecule has 1 aliphatic heterocycles. The van der Waals surface area contributed by atoms with Crippen molar-refractivity contribution in [1.29, 1.82) is 0 Å². The van der Waals surface area contributed by atoms with Gasteiger partial charge in [-0.15, -0.1) is 17.5 Å². The van der Waals surface area contributed by atoms with E-state index in [4.69, 9.17) is 4.74 Å². The van der Waals surface area contributed by atoms with Gasteiger partial charge in [0.25, 0.3) is 5.91 Å². The van der Waals surface area contributed by atoms with Crippen LogP contribution in [0.3, 0.4) is 0 Å². The molecule has 0 atom stereocenters. The molecule has 1 aliphatic rings. The van der Waals surface area contributed by atoms with Crippen LogP contribution >= 0.6 is 12.4 Å². The number of rotatable bonds is 6. The highest BCUT2D eigenvalue weighted by Crippen LogP contribution is 2.17. The van der Waals surface area contributed by atoms with E-state index in [0.717, 1.165) is 25.9 Å². The molecule has 0 unspecified atom stereocenters. The molecule has 0 radical (unpaired) electrons. The average Bonchev–Trinajstić information content (AvgIpc) is 3.13. The van der Waals surface area contributed by atoms with Gasteiger partial charge in [-0.3, -0.25) is 4.79 Å². The number of likely N-dealkylation sites (N-methyl/N-ethyl adjacent to an activating group) is 1. The first-order valence-corrected chi connectivity index (χ1v) is 8.40. The van der Waals surface area contributed by atoms with Gasteiger partial charge >= 0.3 is 0 Å². The van der Waals surface area contributed by atoms with Crippen molar-refractivity contribution in [1.82, 2.24) is 25.2 Å². The molecule has 7 nitrogen and oxygen atoms in total. The Morgan fingerprint density at radius 3 is 2.73 bits per heavy atom. The number of hydrogen-bond acceptors (Lipinski definition) is 5. The third-order valence-corrected chi connectivity index (χ3v) is 4.27. The highest BCUT2D eigenvalue weighted by atomic mass is 35.5. The Hall–Kier alpha value is -2.19. The van der Waals surface area contributed by atoms with Gasteiger partial charge < -0.3 is 15.0 Å². The highest BCUT2D eigenvalue weighted by molar-refractivity contribution is 5.91. The number of nitrogens with zero attached hydrogens (tertiary/aromatic N) is 4. The predicted octanol–water partition coefficient (Wildman–Crippen LogP) is 1.91. The summed E-state index contributed by atoms with van der Waals surface area (Å²) in [6.45, 7) is 2.62. The molecule has 2 aromatic rings. The maximum atomic E-state index is 12.8. The van der Waals surface area contributed by atoms with Gasteiger partial charge in [-0.2, -0.15) is 0 Å². The third kappa shape index (κ3) is 5.15. The number of nitrogens with one attached hydrogen (secondary N) is 1. The van der Waals surface area contributed by atoms with E-state index in [2.05, 4.69) is 15.6 Å². The molecule has 1 amide bonds. The lowest BCUT2D eigenvalue weighted by Gasteiger charge is -2.22. The molecule has 0 spiro atoms. The Balaban J connectivity index is 0.00000243. The molecule has 9 heteroatoms. The average molecular weight is 384 g/mol. The monoisotopic (exact) mass is 383 g/mol. The first-order chi connectivity index (χ1) is 12.1. The first kappa shape index (κ1) is 20.1. The summed E-state index contributed by atoms with van der Waals surface area (Å²) in [5.74, 6) is 0.0680. The van der Waals surface area contributed by atoms with Crippen molar-refractivity contribution in [2.75, 3.05) is 33.3 Å². The number of aromatic nitrogens is 3. The minimum absolute atomic E-state index is 0. The van der Waals surface area contributed by atoms with Crippen LogP contribution in [0.1, 0.15) is 29.4 Å². The molecule has 3 rings (SSSR count). The van der Waals surface area contributed by atoms with Gasteiger partial charge in [-0.1, -0.05) is 5.21 Å². The summed E-state index contributed by atoms with van der Waals surface area (Å²) in [6, 6.07) is 6.08. The van der Waals surface area contributed by atoms with Crippen molar-refractivity contribution in [3.05, 3.63) is 42.0 Å². The number of piperidine rings is 1. The Kier molecular flexibility index (Phi) is 7.35. The zero-order valence-electron chi connectivity index (χ0n) is 14.6. The van der Waals surface area contributed by atoms with E-state index in [1.165, 1.54) is 12.1 Å². The molecule has 142 valence electrons. The minimum Gasteiger partial charge on any atom is -0.492 e. The summed E-state index contributed by atoms with van der Waals surface area (Å²) in [4.78, 5) is 14.0. The van der Waals surface area contributed by atoms with Gasteiger partial charge in [0.1, 0.15) is 18.2 Å². The number of benzene rings is 1. The lowest BCUT2D eigenvalue weighted by molar-refractivity contribution is 0.0768. The van der Waals surface area contributed by atoms with E-state index in [-0.39, 0.29) is 24.1 Å². The lowest BCUT2D eigenvalue weighted by atomic mass is 10.1. The fraction of sp³-hybridized carbons (Fsp3) is 0.471. The highest BCUT2D eigenvalue weighted by Gasteiger charge is 2.20. The van der Waals surface area contributed by atoms with Crippen molar-refractivity contribution in [3.8, 4) is 5.75 Å². The smallest absolute Gasteiger partial charge is 0.275 e. The molecule has 1 saturated heterocycles. The topological polar surface area (TPSA) is 72.3 Å². The summed E-state index contributed by atoms with van der Waals surface area (Å²) in [5, 5.41) is 11.4. The van der Waals surface area contributed by atoms with Crippen LogP contribution in [0.5, 0.6) is 5.75 Å². The molecule has 1 fully saturated rings. The Labute approximate surface area is 157 Å². The fourth-order valence-corrected chi connectivity index (χ4v) is 2.75. The molecule has 26 heavy (non-hydrogen) atoms. The van der Waals surface area contributed by atoms with Crippen LogP contribution in [-0.4, -0.2) is 59.1 Å². The number of halogens is 2. The van der Waals surface area contributed by atoms with Crippen LogP contribution in [0, 0.1) is 5.82 Å². The number of carbonyl (C=O) groups excluding carboxylic acids is 1. The number of hydrogen-bond donors (Lipinski definition) is 1. The first-order valence-electron chi connectivity index (χ1n) is 8.40. The summed E-state index contributed by atoms with van der Waals surface area (Å²) in [5.41, 5.74) is 0.336. The van der Waals surface area contributed by atoms with Crippen molar-refractivity contribution in [2.24, 2.45) is 0 Å². The van der Waals surface area contributed by atoms with E-state index in [1.807, 2.05) is 0 Å². The van der Waals surface area contributed by atoms with Gasteiger partial charge in [0, 0.05) is 7.05 Å². The van der Waals surface area contributed by atoms with Gasteiger partial charge in [0.2, 0.25) is 0 Å². The maximum absolute atomic E-state index is 12.8. The van der Waals surface area contributed by atoms with E-state index in [1.54, 1.807) is 35.0 Å². The van der Waals surface area contributed by atoms with Crippen molar-refractivity contribution in [2.45, 2.75) is 18.9 Å². The van der Waals surface area contributed by atoms with Crippen molar-refractivity contribution < 1.29 is 13.9 Å². The van der Waals surface area contributed by atoms with Gasteiger partial charge in [0.05, 0.1) is 18.8 Å². The number of ether oxygens (including phenoxy) is 1. The molecule has 0 bridgehead atoms. The molecule has 1 aromatic carbocycles. The Bertz CT molecular complexity index is 703. The van der Waals surface area contributed by atoms with Crippen LogP contribution in [0.25, 0.3) is 0 Å². The van der Waals surface area contributed by atoms with E-state index in [9.17, 15) is 9.18 Å². The second kappa shape index (κ2) is 9.49. The summed E-state index contributed by atoms with van der Waals surface area (Å²) < 4.78 is 20.1. The van der Waals surface area contributed by atoms with Crippen molar-refractivity contribution in [3.63, 3.8) is 0 Å². The number of amides is 1. The van der Waals surface area contributed by atoms with Crippen LogP contribution in [0.15, 0.2) is 30.5 Å². The Morgan fingerprint density at radius 1 is 1.35 bits per heavy atom. The van der Waals surface area contributed by atoms with Gasteiger partial charge in [-0.05, 0) is 50.2 Å². The molecule has 2 heterocycles. The largest absolute Gasteiger partial charge is 0.492 e.